The Morgan fingerprint density at radius 1 is 1.07 bits per heavy atom. The van der Waals surface area contributed by atoms with Gasteiger partial charge in [-0.25, -0.2) is 18.0 Å². The molecule has 0 saturated carbocycles. The Bertz CT molecular complexity index is 888. The second kappa shape index (κ2) is 9.12. The van der Waals surface area contributed by atoms with Crippen molar-refractivity contribution in [2.45, 2.75) is 20.0 Å². The van der Waals surface area contributed by atoms with Crippen LogP contribution in [0.3, 0.4) is 0 Å². The molecular weight excluding hydrogens is 379 g/mol. The first-order valence-electron chi connectivity index (χ1n) is 8.24. The summed E-state index contributed by atoms with van der Waals surface area (Å²) in [6, 6.07) is 5.84. The van der Waals surface area contributed by atoms with Gasteiger partial charge in [0.1, 0.15) is 0 Å². The van der Waals surface area contributed by atoms with Gasteiger partial charge in [0.05, 0.1) is 25.0 Å². The minimum Gasteiger partial charge on any atom is -0.493 e. The zero-order valence-electron chi connectivity index (χ0n) is 15.3. The maximum absolute atomic E-state index is 13.6. The second-order valence-electron chi connectivity index (χ2n) is 5.56. The van der Waals surface area contributed by atoms with Gasteiger partial charge in [0.25, 0.3) is 5.91 Å². The van der Waals surface area contributed by atoms with Gasteiger partial charge in [0, 0.05) is 0 Å². The molecule has 0 aliphatic heterocycles. The Morgan fingerprint density at radius 2 is 1.79 bits per heavy atom. The summed E-state index contributed by atoms with van der Waals surface area (Å²) in [6.45, 7) is 3.35. The summed E-state index contributed by atoms with van der Waals surface area (Å²) in [5.41, 5.74) is -0.474. The van der Waals surface area contributed by atoms with E-state index in [0.717, 1.165) is 6.07 Å². The molecule has 0 unspecified atom stereocenters. The molecular formula is C19H18F3NO5. The molecule has 0 aliphatic carbocycles. The topological polar surface area (TPSA) is 73.9 Å². The van der Waals surface area contributed by atoms with E-state index < -0.39 is 41.1 Å². The predicted molar refractivity (Wildman–Crippen MR) is 94.0 cm³/mol. The number of hydrogen-bond donors (Lipinski definition) is 1. The molecule has 0 saturated heterocycles. The molecule has 0 aliphatic rings. The first-order chi connectivity index (χ1) is 13.3. The molecule has 150 valence electrons. The number of hydrogen-bond acceptors (Lipinski definition) is 5. The van der Waals surface area contributed by atoms with Crippen LogP contribution in [0.4, 0.5) is 18.9 Å². The van der Waals surface area contributed by atoms with Crippen LogP contribution in [0, 0.1) is 17.5 Å². The van der Waals surface area contributed by atoms with E-state index in [0.29, 0.717) is 24.2 Å². The predicted octanol–water partition coefficient (Wildman–Crippen LogP) is 3.70. The molecule has 0 aromatic heterocycles. The number of esters is 1. The largest absolute Gasteiger partial charge is 0.493 e. The lowest BCUT2D eigenvalue weighted by Gasteiger charge is -2.15. The van der Waals surface area contributed by atoms with Gasteiger partial charge in [-0.05, 0) is 44.2 Å². The van der Waals surface area contributed by atoms with Crippen LogP contribution in [0.15, 0.2) is 30.3 Å². The lowest BCUT2D eigenvalue weighted by Crippen LogP contribution is -2.30. The quantitative estimate of drug-likeness (QED) is 0.570. The summed E-state index contributed by atoms with van der Waals surface area (Å²) < 4.78 is 55.3. The van der Waals surface area contributed by atoms with Gasteiger partial charge in [0.15, 0.2) is 35.1 Å². The molecule has 28 heavy (non-hydrogen) atoms. The van der Waals surface area contributed by atoms with Gasteiger partial charge >= 0.3 is 5.97 Å². The Balaban J connectivity index is 2.08. The lowest BCUT2D eigenvalue weighted by atomic mass is 10.2. The number of amides is 1. The van der Waals surface area contributed by atoms with E-state index >= 15 is 0 Å². The number of nitrogens with one attached hydrogen (secondary N) is 1. The van der Waals surface area contributed by atoms with E-state index in [4.69, 9.17) is 14.2 Å². The van der Waals surface area contributed by atoms with Crippen molar-refractivity contribution in [1.82, 2.24) is 0 Å². The average Bonchev–Trinajstić information content (AvgIpc) is 2.68. The molecule has 0 fully saturated rings. The number of ether oxygens (including phenoxy) is 3. The zero-order chi connectivity index (χ0) is 20.8. The summed E-state index contributed by atoms with van der Waals surface area (Å²) >= 11 is 0. The maximum Gasteiger partial charge on any atom is 0.339 e. The molecule has 6 nitrogen and oxygen atoms in total. The fourth-order valence-electron chi connectivity index (χ4n) is 2.21. The van der Waals surface area contributed by atoms with Gasteiger partial charge in [-0.2, -0.15) is 0 Å². The first kappa shape index (κ1) is 21.1. The number of carbonyl (C=O) groups is 2. The Kier molecular flexibility index (Phi) is 6.86. The number of benzene rings is 2. The monoisotopic (exact) mass is 397 g/mol. The number of anilines is 1. The summed E-state index contributed by atoms with van der Waals surface area (Å²) in [4.78, 5) is 24.3. The van der Waals surface area contributed by atoms with E-state index in [-0.39, 0.29) is 5.56 Å². The Morgan fingerprint density at radius 3 is 2.43 bits per heavy atom. The van der Waals surface area contributed by atoms with Crippen LogP contribution in [0.2, 0.25) is 0 Å². The third-order valence-electron chi connectivity index (χ3n) is 3.65. The third kappa shape index (κ3) is 4.73. The van der Waals surface area contributed by atoms with Crippen molar-refractivity contribution in [2.24, 2.45) is 0 Å². The third-order valence-corrected chi connectivity index (χ3v) is 3.65. The van der Waals surface area contributed by atoms with E-state index in [1.54, 1.807) is 6.92 Å². The molecule has 0 radical (unpaired) electrons. The normalized spacial score (nSPS) is 11.5. The summed E-state index contributed by atoms with van der Waals surface area (Å²) in [7, 11) is 1.44. The average molecular weight is 397 g/mol. The van der Waals surface area contributed by atoms with Crippen LogP contribution in [-0.2, 0) is 9.53 Å². The number of halogens is 3. The van der Waals surface area contributed by atoms with Crippen molar-refractivity contribution in [3.05, 3.63) is 53.3 Å². The standard InChI is InChI=1S/C19H18F3NO5/c1-4-27-15-9-11(5-8-14(15)26-3)19(25)28-10(2)18(24)23-13-7-6-12(20)16(21)17(13)22/h5-10H,4H2,1-3H3,(H,23,24)/t10-/m1/s1. The van der Waals surface area contributed by atoms with E-state index in [9.17, 15) is 22.8 Å². The molecule has 9 heteroatoms. The highest BCUT2D eigenvalue weighted by Gasteiger charge is 2.22. The molecule has 1 N–H and O–H groups in total. The van der Waals surface area contributed by atoms with Crippen LogP contribution in [0.5, 0.6) is 11.5 Å². The fraction of sp³-hybridized carbons (Fsp3) is 0.263. The maximum atomic E-state index is 13.6. The van der Waals surface area contributed by atoms with Gasteiger partial charge in [-0.1, -0.05) is 0 Å². The van der Waals surface area contributed by atoms with Crippen molar-refractivity contribution in [3.8, 4) is 11.5 Å². The van der Waals surface area contributed by atoms with Crippen LogP contribution in [0.1, 0.15) is 24.2 Å². The molecule has 1 amide bonds. The van der Waals surface area contributed by atoms with E-state index in [1.807, 2.05) is 5.32 Å². The number of methoxy groups -OCH3 is 1. The fourth-order valence-corrected chi connectivity index (χ4v) is 2.21. The minimum atomic E-state index is -1.72. The highest BCUT2D eigenvalue weighted by molar-refractivity contribution is 5.97. The smallest absolute Gasteiger partial charge is 0.339 e. The molecule has 2 aromatic carbocycles. The van der Waals surface area contributed by atoms with E-state index in [1.165, 1.54) is 32.2 Å². The Hall–Kier alpha value is -3.23. The van der Waals surface area contributed by atoms with Crippen molar-refractivity contribution in [3.63, 3.8) is 0 Å². The van der Waals surface area contributed by atoms with Crippen LogP contribution < -0.4 is 14.8 Å². The molecule has 0 bridgehead atoms. The van der Waals surface area contributed by atoms with Gasteiger partial charge in [0.2, 0.25) is 0 Å². The highest BCUT2D eigenvalue weighted by atomic mass is 19.2. The van der Waals surface area contributed by atoms with Gasteiger partial charge in [-0.3, -0.25) is 4.79 Å². The molecule has 2 aromatic rings. The lowest BCUT2D eigenvalue weighted by molar-refractivity contribution is -0.123. The van der Waals surface area contributed by atoms with Gasteiger partial charge in [-0.15, -0.1) is 0 Å². The van der Waals surface area contributed by atoms with Crippen LogP contribution in [-0.4, -0.2) is 31.7 Å². The van der Waals surface area contributed by atoms with Crippen molar-refractivity contribution >= 4 is 17.6 Å². The molecule has 0 spiro atoms. The SMILES string of the molecule is CCOc1cc(C(=O)O[C@H](C)C(=O)Nc2ccc(F)c(F)c2F)ccc1OC. The summed E-state index contributed by atoms with van der Waals surface area (Å²) in [5.74, 6) is -5.68. The van der Waals surface area contributed by atoms with Crippen LogP contribution >= 0.6 is 0 Å². The molecule has 2 rings (SSSR count). The van der Waals surface area contributed by atoms with Crippen molar-refractivity contribution in [2.75, 3.05) is 19.0 Å². The number of carbonyl (C=O) groups excluding carboxylic acids is 2. The van der Waals surface area contributed by atoms with E-state index in [2.05, 4.69) is 0 Å². The Labute approximate surface area is 159 Å². The zero-order valence-corrected chi connectivity index (χ0v) is 15.3. The van der Waals surface area contributed by atoms with Crippen molar-refractivity contribution in [1.29, 1.82) is 0 Å². The van der Waals surface area contributed by atoms with Crippen molar-refractivity contribution < 1.29 is 37.0 Å². The summed E-state index contributed by atoms with van der Waals surface area (Å²) in [6.07, 6.45) is -1.34. The highest BCUT2D eigenvalue weighted by Crippen LogP contribution is 2.28. The molecule has 0 heterocycles. The second-order valence-corrected chi connectivity index (χ2v) is 5.56. The number of rotatable bonds is 7. The molecule has 1 atom stereocenters. The van der Waals surface area contributed by atoms with Gasteiger partial charge < -0.3 is 19.5 Å². The van der Waals surface area contributed by atoms with Crippen LogP contribution in [0.25, 0.3) is 0 Å². The first-order valence-corrected chi connectivity index (χ1v) is 8.24. The minimum absolute atomic E-state index is 0.0999. The summed E-state index contributed by atoms with van der Waals surface area (Å²) in [5, 5.41) is 2.04.